The lowest BCUT2D eigenvalue weighted by Gasteiger charge is -2.22. The number of rotatable bonds is 5. The Morgan fingerprint density at radius 2 is 2.06 bits per heavy atom. The van der Waals surface area contributed by atoms with Gasteiger partial charge in [0.25, 0.3) is 0 Å². The maximum atomic E-state index is 4.52. The fourth-order valence-corrected chi connectivity index (χ4v) is 1.90. The van der Waals surface area contributed by atoms with Gasteiger partial charge >= 0.3 is 0 Å². The average Bonchev–Trinajstić information content (AvgIpc) is 2.27. The predicted octanol–water partition coefficient (Wildman–Crippen LogP) is 3.28. The molecule has 1 rings (SSSR count). The van der Waals surface area contributed by atoms with E-state index in [0.717, 1.165) is 29.2 Å². The minimum atomic E-state index is 0.684. The molecule has 0 aliphatic heterocycles. The molecule has 4 heteroatoms. The summed E-state index contributed by atoms with van der Waals surface area (Å²) in [5, 5.41) is 0. The summed E-state index contributed by atoms with van der Waals surface area (Å²) in [6.07, 6.45) is 2.06. The molecule has 90 valence electrons. The van der Waals surface area contributed by atoms with Crippen LogP contribution in [0.4, 0.5) is 5.82 Å². The first-order chi connectivity index (χ1) is 7.56. The molecule has 1 heterocycles. The highest BCUT2D eigenvalue weighted by atomic mass is 79.9. The lowest BCUT2D eigenvalue weighted by atomic mass is 10.1. The van der Waals surface area contributed by atoms with Crippen molar-refractivity contribution in [1.29, 1.82) is 0 Å². The summed E-state index contributed by atoms with van der Waals surface area (Å²) >= 11 is 3.43. The van der Waals surface area contributed by atoms with Gasteiger partial charge in [0.2, 0.25) is 0 Å². The number of nitrogens with zero attached hydrogens (tertiary/aromatic N) is 3. The first-order valence-electron chi connectivity index (χ1n) is 5.81. The number of anilines is 1. The topological polar surface area (TPSA) is 29.0 Å². The summed E-state index contributed by atoms with van der Waals surface area (Å²) < 4.78 is 0.866. The molecule has 0 aliphatic rings. The van der Waals surface area contributed by atoms with Crippen LogP contribution >= 0.6 is 15.9 Å². The molecule has 3 nitrogen and oxygen atoms in total. The van der Waals surface area contributed by atoms with E-state index >= 15 is 0 Å². The molecule has 0 fully saturated rings. The Balaban J connectivity index is 2.82. The Bertz CT molecular complexity index is 341. The zero-order chi connectivity index (χ0) is 12.1. The summed E-state index contributed by atoms with van der Waals surface area (Å²) in [5.74, 6) is 2.57. The molecule has 0 aromatic carbocycles. The van der Waals surface area contributed by atoms with Crippen LogP contribution in [0.2, 0.25) is 0 Å². The monoisotopic (exact) mass is 285 g/mol. The fraction of sp³-hybridized carbons (Fsp3) is 0.667. The first-order valence-corrected chi connectivity index (χ1v) is 6.60. The molecule has 0 spiro atoms. The van der Waals surface area contributed by atoms with E-state index in [4.69, 9.17) is 0 Å². The second-order valence-electron chi connectivity index (χ2n) is 4.21. The van der Waals surface area contributed by atoms with E-state index in [1.807, 2.05) is 6.07 Å². The number of hydrogen-bond acceptors (Lipinski definition) is 3. The first kappa shape index (κ1) is 13.4. The summed E-state index contributed by atoms with van der Waals surface area (Å²) in [7, 11) is 2.08. The third kappa shape index (κ3) is 3.74. The molecule has 0 bridgehead atoms. The van der Waals surface area contributed by atoms with Crippen molar-refractivity contribution in [2.45, 2.75) is 33.6 Å². The van der Waals surface area contributed by atoms with Crippen LogP contribution in [0.1, 0.15) is 33.0 Å². The highest BCUT2D eigenvalue weighted by Crippen LogP contribution is 2.17. The van der Waals surface area contributed by atoms with E-state index in [2.05, 4.69) is 58.6 Å². The number of aryl methyl sites for hydroxylation is 1. The molecule has 16 heavy (non-hydrogen) atoms. The molecule has 0 radical (unpaired) electrons. The Morgan fingerprint density at radius 3 is 2.62 bits per heavy atom. The highest BCUT2D eigenvalue weighted by molar-refractivity contribution is 9.10. The molecule has 1 aromatic heterocycles. The molecule has 0 saturated heterocycles. The van der Waals surface area contributed by atoms with Crippen LogP contribution in [-0.2, 0) is 6.42 Å². The van der Waals surface area contributed by atoms with Crippen LogP contribution in [0.3, 0.4) is 0 Å². The second kappa shape index (κ2) is 6.18. The van der Waals surface area contributed by atoms with Crippen LogP contribution in [0.5, 0.6) is 0 Å². The maximum absolute atomic E-state index is 4.52. The van der Waals surface area contributed by atoms with Crippen molar-refractivity contribution in [2.24, 2.45) is 5.92 Å². The Kier molecular flexibility index (Phi) is 5.19. The van der Waals surface area contributed by atoms with Gasteiger partial charge in [-0.1, -0.05) is 27.2 Å². The van der Waals surface area contributed by atoms with E-state index in [9.17, 15) is 0 Å². The minimum Gasteiger partial charge on any atom is -0.359 e. The summed E-state index contributed by atoms with van der Waals surface area (Å²) in [6, 6.07) is 1.97. The van der Waals surface area contributed by atoms with Crippen LogP contribution < -0.4 is 4.90 Å². The lowest BCUT2D eigenvalue weighted by Crippen LogP contribution is -2.25. The maximum Gasteiger partial charge on any atom is 0.133 e. The van der Waals surface area contributed by atoms with Crippen LogP contribution in [-0.4, -0.2) is 23.6 Å². The van der Waals surface area contributed by atoms with Crippen molar-refractivity contribution in [3.05, 3.63) is 16.5 Å². The number of hydrogen-bond donors (Lipinski definition) is 0. The quantitative estimate of drug-likeness (QED) is 0.778. The summed E-state index contributed by atoms with van der Waals surface area (Å²) in [4.78, 5) is 11.0. The van der Waals surface area contributed by atoms with Crippen molar-refractivity contribution < 1.29 is 0 Å². The average molecular weight is 286 g/mol. The molecule has 1 aromatic rings. The van der Waals surface area contributed by atoms with Crippen molar-refractivity contribution >= 4 is 21.7 Å². The van der Waals surface area contributed by atoms with Gasteiger partial charge in [-0.05, 0) is 21.8 Å². The predicted molar refractivity (Wildman–Crippen MR) is 71.8 cm³/mol. The molecule has 0 amide bonds. The van der Waals surface area contributed by atoms with Crippen molar-refractivity contribution in [1.82, 2.24) is 9.97 Å². The van der Waals surface area contributed by atoms with Gasteiger partial charge in [0.05, 0.1) is 0 Å². The highest BCUT2D eigenvalue weighted by Gasteiger charge is 2.09. The van der Waals surface area contributed by atoms with Gasteiger partial charge in [-0.15, -0.1) is 0 Å². The van der Waals surface area contributed by atoms with Crippen molar-refractivity contribution in [3.63, 3.8) is 0 Å². The van der Waals surface area contributed by atoms with Gasteiger partial charge in [-0.3, -0.25) is 0 Å². The molecular formula is C12H20BrN3. The Morgan fingerprint density at radius 1 is 1.38 bits per heavy atom. The van der Waals surface area contributed by atoms with E-state index in [1.165, 1.54) is 6.42 Å². The Hall–Kier alpha value is -0.640. The van der Waals surface area contributed by atoms with Crippen LogP contribution in [0, 0.1) is 5.92 Å². The van der Waals surface area contributed by atoms with Gasteiger partial charge in [0.1, 0.15) is 16.2 Å². The molecule has 1 unspecified atom stereocenters. The zero-order valence-electron chi connectivity index (χ0n) is 10.5. The van der Waals surface area contributed by atoms with Crippen molar-refractivity contribution in [3.8, 4) is 0 Å². The molecule has 1 atom stereocenters. The van der Waals surface area contributed by atoms with Gasteiger partial charge in [0, 0.05) is 26.1 Å². The standard InChI is InChI=1S/C12H20BrN3/c1-5-9(3)8-16(4)12-7-10(13)14-11(6-2)15-12/h7,9H,5-6,8H2,1-4H3. The number of halogens is 1. The molecule has 0 N–H and O–H groups in total. The second-order valence-corrected chi connectivity index (χ2v) is 5.03. The van der Waals surface area contributed by atoms with E-state index in [1.54, 1.807) is 0 Å². The zero-order valence-corrected chi connectivity index (χ0v) is 12.1. The number of aromatic nitrogens is 2. The molecule has 0 aliphatic carbocycles. The van der Waals surface area contributed by atoms with Gasteiger partial charge in [-0.25, -0.2) is 9.97 Å². The van der Waals surface area contributed by atoms with Gasteiger partial charge < -0.3 is 4.90 Å². The fourth-order valence-electron chi connectivity index (χ4n) is 1.50. The van der Waals surface area contributed by atoms with E-state index < -0.39 is 0 Å². The normalized spacial score (nSPS) is 12.6. The SMILES string of the molecule is CCc1nc(Br)cc(N(C)CC(C)CC)n1. The Labute approximate surface area is 106 Å². The third-order valence-corrected chi connectivity index (χ3v) is 3.12. The van der Waals surface area contributed by atoms with Crippen molar-refractivity contribution in [2.75, 3.05) is 18.5 Å². The van der Waals surface area contributed by atoms with Crippen LogP contribution in [0.15, 0.2) is 10.7 Å². The van der Waals surface area contributed by atoms with Crippen LogP contribution in [0.25, 0.3) is 0 Å². The van der Waals surface area contributed by atoms with Gasteiger partial charge in [-0.2, -0.15) is 0 Å². The minimum absolute atomic E-state index is 0.684. The summed E-state index contributed by atoms with van der Waals surface area (Å²) in [6.45, 7) is 7.57. The largest absolute Gasteiger partial charge is 0.359 e. The van der Waals surface area contributed by atoms with E-state index in [0.29, 0.717) is 5.92 Å². The molecule has 0 saturated carbocycles. The third-order valence-electron chi connectivity index (χ3n) is 2.72. The smallest absolute Gasteiger partial charge is 0.133 e. The lowest BCUT2D eigenvalue weighted by molar-refractivity contribution is 0.557. The summed E-state index contributed by atoms with van der Waals surface area (Å²) in [5.41, 5.74) is 0. The molecular weight excluding hydrogens is 266 g/mol. The van der Waals surface area contributed by atoms with Gasteiger partial charge in [0.15, 0.2) is 0 Å². The van der Waals surface area contributed by atoms with E-state index in [-0.39, 0.29) is 0 Å².